The molecule has 0 aliphatic rings. The summed E-state index contributed by atoms with van der Waals surface area (Å²) in [6.45, 7) is 0. The minimum atomic E-state index is -0.524. The van der Waals surface area contributed by atoms with E-state index in [2.05, 4.69) is 9.97 Å². The first-order valence-corrected chi connectivity index (χ1v) is 8.20. The largest absolute Gasteiger partial charge is 0.365 e. The molecule has 1 amide bonds. The molecule has 0 fully saturated rings. The van der Waals surface area contributed by atoms with Gasteiger partial charge in [-0.05, 0) is 35.9 Å². The average molecular weight is 340 g/mol. The van der Waals surface area contributed by atoms with Crippen molar-refractivity contribution in [1.82, 2.24) is 14.5 Å². The Morgan fingerprint density at radius 1 is 0.923 bits per heavy atom. The molecule has 2 heterocycles. The fraction of sp³-hybridized carbons (Fsp3) is 0. The lowest BCUT2D eigenvalue weighted by Gasteiger charge is -2.09. The normalized spacial score (nSPS) is 11.2. The summed E-state index contributed by atoms with van der Waals surface area (Å²) < 4.78 is 1.86. The Kier molecular flexibility index (Phi) is 4.03. The van der Waals surface area contributed by atoms with Gasteiger partial charge < -0.3 is 5.73 Å². The summed E-state index contributed by atoms with van der Waals surface area (Å²) in [7, 11) is 0. The lowest BCUT2D eigenvalue weighted by Crippen LogP contribution is -2.16. The quantitative estimate of drug-likeness (QED) is 0.616. The highest BCUT2D eigenvalue weighted by Gasteiger charge is 2.16. The van der Waals surface area contributed by atoms with Crippen molar-refractivity contribution in [2.75, 3.05) is 0 Å². The van der Waals surface area contributed by atoms with Gasteiger partial charge in [0.15, 0.2) is 5.82 Å². The van der Waals surface area contributed by atoms with Crippen molar-refractivity contribution in [3.05, 3.63) is 89.9 Å². The number of primary amides is 1. The number of imidazole rings is 1. The molecule has 5 nitrogen and oxygen atoms in total. The third kappa shape index (κ3) is 2.86. The first-order chi connectivity index (χ1) is 12.7. The van der Waals surface area contributed by atoms with E-state index < -0.39 is 5.91 Å². The van der Waals surface area contributed by atoms with Crippen LogP contribution in [0, 0.1) is 0 Å². The number of hydrogen-bond acceptors (Lipinski definition) is 3. The average Bonchev–Trinajstić information content (AvgIpc) is 3.05. The molecule has 4 aromatic rings. The number of pyridine rings is 1. The van der Waals surface area contributed by atoms with Gasteiger partial charge in [-0.1, -0.05) is 48.5 Å². The number of fused-ring (bicyclic) bond motifs is 1. The molecule has 2 N–H and O–H groups in total. The van der Waals surface area contributed by atoms with E-state index in [0.717, 1.165) is 16.6 Å². The number of hydrogen-bond donors (Lipinski definition) is 1. The Morgan fingerprint density at radius 3 is 2.50 bits per heavy atom. The highest BCUT2D eigenvalue weighted by atomic mass is 16.1. The highest BCUT2D eigenvalue weighted by molar-refractivity contribution is 5.97. The third-order valence-electron chi connectivity index (χ3n) is 4.08. The Hall–Kier alpha value is -3.73. The van der Waals surface area contributed by atoms with E-state index in [1.165, 1.54) is 0 Å². The molecule has 0 radical (unpaired) electrons. The van der Waals surface area contributed by atoms with Gasteiger partial charge in [0.05, 0.1) is 16.6 Å². The fourth-order valence-corrected chi connectivity index (χ4v) is 2.88. The molecule has 0 saturated heterocycles. The maximum absolute atomic E-state index is 11.9. The van der Waals surface area contributed by atoms with Gasteiger partial charge in [0.1, 0.15) is 5.82 Å². The van der Waals surface area contributed by atoms with Crippen LogP contribution in [-0.4, -0.2) is 20.4 Å². The lowest BCUT2D eigenvalue weighted by molar-refractivity contribution is 0.1000. The number of carbonyl (C=O) groups is 1. The van der Waals surface area contributed by atoms with Crippen molar-refractivity contribution < 1.29 is 4.79 Å². The number of nitrogens with two attached hydrogens (primary N) is 1. The van der Waals surface area contributed by atoms with Crippen LogP contribution in [0.2, 0.25) is 0 Å². The zero-order chi connectivity index (χ0) is 17.9. The third-order valence-corrected chi connectivity index (χ3v) is 4.08. The summed E-state index contributed by atoms with van der Waals surface area (Å²) >= 11 is 0. The number of para-hydroxylation sites is 2. The first-order valence-electron chi connectivity index (χ1n) is 8.20. The van der Waals surface area contributed by atoms with E-state index in [1.54, 1.807) is 18.3 Å². The summed E-state index contributed by atoms with van der Waals surface area (Å²) in [5, 5.41) is 0. The van der Waals surface area contributed by atoms with E-state index in [0.29, 0.717) is 17.2 Å². The van der Waals surface area contributed by atoms with Gasteiger partial charge in [-0.25, -0.2) is 9.97 Å². The second-order valence-corrected chi connectivity index (χ2v) is 5.78. The molecule has 0 saturated carbocycles. The maximum atomic E-state index is 11.9. The number of benzene rings is 2. The van der Waals surface area contributed by atoms with Crippen LogP contribution in [-0.2, 0) is 0 Å². The molecule has 2 aromatic heterocycles. The van der Waals surface area contributed by atoms with E-state index in [-0.39, 0.29) is 0 Å². The van der Waals surface area contributed by atoms with Crippen LogP contribution in [0.25, 0.3) is 29.0 Å². The Balaban J connectivity index is 1.94. The summed E-state index contributed by atoms with van der Waals surface area (Å²) in [4.78, 5) is 21.0. The zero-order valence-electron chi connectivity index (χ0n) is 13.9. The van der Waals surface area contributed by atoms with Gasteiger partial charge in [0, 0.05) is 6.20 Å². The van der Waals surface area contributed by atoms with Crippen LogP contribution in [0.15, 0.2) is 72.9 Å². The van der Waals surface area contributed by atoms with Crippen molar-refractivity contribution in [1.29, 1.82) is 0 Å². The second-order valence-electron chi connectivity index (χ2n) is 5.78. The fourth-order valence-electron chi connectivity index (χ4n) is 2.88. The molecule has 0 unspecified atom stereocenters. The van der Waals surface area contributed by atoms with Crippen molar-refractivity contribution in [3.63, 3.8) is 0 Å². The van der Waals surface area contributed by atoms with E-state index in [9.17, 15) is 4.79 Å². The van der Waals surface area contributed by atoms with Gasteiger partial charge in [0.25, 0.3) is 5.91 Å². The standard InChI is InChI=1S/C21H16N4O/c22-20(26)16-9-6-14-23-21(16)25-18-11-5-4-10-17(18)24-19(25)13-12-15-7-2-1-3-8-15/h1-14H,(H2,22,26). The Bertz CT molecular complexity index is 1110. The Labute approximate surface area is 150 Å². The molecule has 4 rings (SSSR count). The maximum Gasteiger partial charge on any atom is 0.252 e. The summed E-state index contributed by atoms with van der Waals surface area (Å²) in [6, 6.07) is 21.1. The number of amides is 1. The molecule has 2 aromatic carbocycles. The molecular weight excluding hydrogens is 324 g/mol. The lowest BCUT2D eigenvalue weighted by atomic mass is 10.2. The van der Waals surface area contributed by atoms with Gasteiger partial charge >= 0.3 is 0 Å². The molecule has 126 valence electrons. The van der Waals surface area contributed by atoms with E-state index >= 15 is 0 Å². The summed E-state index contributed by atoms with van der Waals surface area (Å²) in [5.74, 6) is 0.626. The Morgan fingerprint density at radius 2 is 1.69 bits per heavy atom. The molecule has 0 spiro atoms. The van der Waals surface area contributed by atoms with Crippen LogP contribution in [0.1, 0.15) is 21.7 Å². The number of aromatic nitrogens is 3. The van der Waals surface area contributed by atoms with Gasteiger partial charge in [0.2, 0.25) is 0 Å². The molecule has 0 atom stereocenters. The number of rotatable bonds is 4. The molecule has 0 aliphatic carbocycles. The number of nitrogens with zero attached hydrogens (tertiary/aromatic N) is 3. The molecule has 0 bridgehead atoms. The van der Waals surface area contributed by atoms with Crippen LogP contribution < -0.4 is 5.73 Å². The number of carbonyl (C=O) groups excluding carboxylic acids is 1. The predicted molar refractivity (Wildman–Crippen MR) is 103 cm³/mol. The molecule has 5 heteroatoms. The SMILES string of the molecule is NC(=O)c1cccnc1-n1c(C=Cc2ccccc2)nc2ccccc21. The van der Waals surface area contributed by atoms with Crippen LogP contribution >= 0.6 is 0 Å². The highest BCUT2D eigenvalue weighted by Crippen LogP contribution is 2.23. The molecule has 26 heavy (non-hydrogen) atoms. The monoisotopic (exact) mass is 340 g/mol. The summed E-state index contributed by atoms with van der Waals surface area (Å²) in [5.41, 5.74) is 8.64. The van der Waals surface area contributed by atoms with E-state index in [4.69, 9.17) is 5.73 Å². The minimum absolute atomic E-state index is 0.352. The van der Waals surface area contributed by atoms with Gasteiger partial charge in [-0.15, -0.1) is 0 Å². The topological polar surface area (TPSA) is 73.8 Å². The van der Waals surface area contributed by atoms with Crippen molar-refractivity contribution >= 4 is 29.1 Å². The smallest absolute Gasteiger partial charge is 0.252 e. The predicted octanol–water partition coefficient (Wildman–Crippen LogP) is 3.69. The molecule has 0 aliphatic heterocycles. The van der Waals surface area contributed by atoms with Crippen LogP contribution in [0.5, 0.6) is 0 Å². The van der Waals surface area contributed by atoms with Crippen molar-refractivity contribution in [2.24, 2.45) is 5.73 Å². The molecular formula is C21H16N4O. The van der Waals surface area contributed by atoms with Crippen molar-refractivity contribution in [2.45, 2.75) is 0 Å². The minimum Gasteiger partial charge on any atom is -0.365 e. The van der Waals surface area contributed by atoms with Crippen LogP contribution in [0.3, 0.4) is 0 Å². The van der Waals surface area contributed by atoms with E-state index in [1.807, 2.05) is 71.3 Å². The first kappa shape index (κ1) is 15.8. The van der Waals surface area contributed by atoms with Gasteiger partial charge in [-0.2, -0.15) is 0 Å². The zero-order valence-corrected chi connectivity index (χ0v) is 13.9. The van der Waals surface area contributed by atoms with Crippen LogP contribution in [0.4, 0.5) is 0 Å². The van der Waals surface area contributed by atoms with Gasteiger partial charge in [-0.3, -0.25) is 9.36 Å². The summed E-state index contributed by atoms with van der Waals surface area (Å²) in [6.07, 6.45) is 5.53. The second kappa shape index (κ2) is 6.64. The van der Waals surface area contributed by atoms with Crippen molar-refractivity contribution in [3.8, 4) is 5.82 Å².